The Morgan fingerprint density at radius 3 is 2.39 bits per heavy atom. The third-order valence-corrected chi connectivity index (χ3v) is 2.41. The first-order chi connectivity index (χ1) is 8.61. The van der Waals surface area contributed by atoms with Crippen LogP contribution < -0.4 is 0 Å². The minimum Gasteiger partial charge on any atom is -0.505 e. The van der Waals surface area contributed by atoms with Gasteiger partial charge in [0.05, 0.1) is 11.3 Å². The molecule has 0 saturated heterocycles. The number of nitrogens with zero attached hydrogens (tertiary/aromatic N) is 2. The van der Waals surface area contributed by atoms with Gasteiger partial charge in [-0.2, -0.15) is 5.26 Å². The van der Waals surface area contributed by atoms with Crippen molar-refractivity contribution in [3.8, 4) is 23.1 Å². The number of carboxylic acid groups (broad SMARTS) is 1. The van der Waals surface area contributed by atoms with Crippen molar-refractivity contribution in [2.45, 2.75) is 0 Å². The molecule has 5 heteroatoms. The second-order valence-corrected chi connectivity index (χ2v) is 3.56. The van der Waals surface area contributed by atoms with Crippen molar-refractivity contribution < 1.29 is 15.0 Å². The van der Waals surface area contributed by atoms with Crippen LogP contribution in [-0.4, -0.2) is 21.2 Å². The molecule has 2 rings (SSSR count). The summed E-state index contributed by atoms with van der Waals surface area (Å²) in [4.78, 5) is 14.7. The maximum atomic E-state index is 10.7. The van der Waals surface area contributed by atoms with Gasteiger partial charge in [-0.25, -0.2) is 9.78 Å². The van der Waals surface area contributed by atoms with E-state index in [1.54, 1.807) is 24.3 Å². The zero-order valence-electron chi connectivity index (χ0n) is 9.16. The predicted molar refractivity (Wildman–Crippen MR) is 63.0 cm³/mol. The molecule has 0 aliphatic carbocycles. The molecule has 0 fully saturated rings. The van der Waals surface area contributed by atoms with Crippen LogP contribution in [0.4, 0.5) is 0 Å². The molecule has 0 atom stereocenters. The number of benzene rings is 1. The van der Waals surface area contributed by atoms with Gasteiger partial charge in [-0.05, 0) is 24.3 Å². The summed E-state index contributed by atoms with van der Waals surface area (Å²) >= 11 is 0. The lowest BCUT2D eigenvalue weighted by molar-refractivity contribution is 0.0697. The Bertz CT molecular complexity index is 642. The summed E-state index contributed by atoms with van der Waals surface area (Å²) in [5, 5.41) is 26.9. The third kappa shape index (κ3) is 2.13. The van der Waals surface area contributed by atoms with Gasteiger partial charge in [0.2, 0.25) is 0 Å². The number of hydrogen-bond acceptors (Lipinski definition) is 4. The highest BCUT2D eigenvalue weighted by atomic mass is 16.4. The van der Waals surface area contributed by atoms with E-state index in [9.17, 15) is 9.90 Å². The lowest BCUT2D eigenvalue weighted by Gasteiger charge is -2.03. The zero-order valence-corrected chi connectivity index (χ0v) is 9.16. The van der Waals surface area contributed by atoms with Gasteiger partial charge in [0.15, 0.2) is 11.4 Å². The van der Waals surface area contributed by atoms with Crippen LogP contribution in [0.25, 0.3) is 11.3 Å². The van der Waals surface area contributed by atoms with Crippen LogP contribution in [0.1, 0.15) is 16.1 Å². The van der Waals surface area contributed by atoms with Crippen molar-refractivity contribution in [3.05, 3.63) is 47.7 Å². The van der Waals surface area contributed by atoms with Crippen LogP contribution in [0.15, 0.2) is 36.4 Å². The smallest absolute Gasteiger partial charge is 0.335 e. The average Bonchev–Trinajstić information content (AvgIpc) is 2.39. The fourth-order valence-corrected chi connectivity index (χ4v) is 1.48. The molecule has 88 valence electrons. The first-order valence-electron chi connectivity index (χ1n) is 5.05. The molecule has 2 aromatic rings. The fraction of sp³-hybridized carbons (Fsp3) is 0. The largest absolute Gasteiger partial charge is 0.505 e. The van der Waals surface area contributed by atoms with Crippen molar-refractivity contribution in [2.75, 3.05) is 0 Å². The monoisotopic (exact) mass is 240 g/mol. The highest BCUT2D eigenvalue weighted by Crippen LogP contribution is 2.22. The molecule has 0 aliphatic rings. The summed E-state index contributed by atoms with van der Waals surface area (Å²) in [5.41, 5.74) is 1.30. The van der Waals surface area contributed by atoms with Crippen LogP contribution in [0.5, 0.6) is 5.75 Å². The zero-order chi connectivity index (χ0) is 13.1. The second kappa shape index (κ2) is 4.55. The Balaban J connectivity index is 2.43. The molecule has 0 bridgehead atoms. The molecule has 0 aliphatic heterocycles. The quantitative estimate of drug-likeness (QED) is 0.837. The molecule has 0 amide bonds. The van der Waals surface area contributed by atoms with Gasteiger partial charge in [-0.1, -0.05) is 12.1 Å². The van der Waals surface area contributed by atoms with Crippen LogP contribution in [-0.2, 0) is 0 Å². The van der Waals surface area contributed by atoms with E-state index < -0.39 is 5.97 Å². The van der Waals surface area contributed by atoms with E-state index in [4.69, 9.17) is 10.4 Å². The molecule has 0 radical (unpaired) electrons. The topological polar surface area (TPSA) is 94.2 Å². The Kier molecular flexibility index (Phi) is 2.94. The summed E-state index contributed by atoms with van der Waals surface area (Å²) in [6.45, 7) is 0. The van der Waals surface area contributed by atoms with E-state index in [1.165, 1.54) is 18.2 Å². The van der Waals surface area contributed by atoms with Gasteiger partial charge in [0.1, 0.15) is 6.07 Å². The molecule has 0 saturated carbocycles. The Labute approximate surface area is 103 Å². The summed E-state index contributed by atoms with van der Waals surface area (Å²) in [7, 11) is 0. The number of pyridine rings is 1. The number of carboxylic acids is 1. The highest BCUT2D eigenvalue weighted by Gasteiger charge is 2.07. The fourth-order valence-electron chi connectivity index (χ4n) is 1.48. The van der Waals surface area contributed by atoms with E-state index in [-0.39, 0.29) is 17.0 Å². The van der Waals surface area contributed by atoms with Gasteiger partial charge in [-0.3, -0.25) is 0 Å². The third-order valence-electron chi connectivity index (χ3n) is 2.41. The number of hydrogen-bond donors (Lipinski definition) is 2. The number of aromatic carboxylic acids is 1. The molecule has 18 heavy (non-hydrogen) atoms. The van der Waals surface area contributed by atoms with Crippen molar-refractivity contribution in [2.24, 2.45) is 0 Å². The van der Waals surface area contributed by atoms with Gasteiger partial charge in [0.25, 0.3) is 0 Å². The van der Waals surface area contributed by atoms with E-state index in [0.717, 1.165) is 0 Å². The van der Waals surface area contributed by atoms with Gasteiger partial charge in [0, 0.05) is 5.56 Å². The lowest BCUT2D eigenvalue weighted by atomic mass is 10.1. The second-order valence-electron chi connectivity index (χ2n) is 3.56. The number of rotatable bonds is 2. The Hall–Kier alpha value is -2.87. The molecule has 0 spiro atoms. The standard InChI is InChI=1S/C13H8N2O3/c14-7-11-12(16)6-5-10(15-11)8-1-3-9(4-2-8)13(17)18/h1-6,16H,(H,17,18). The van der Waals surface area contributed by atoms with Gasteiger partial charge in [-0.15, -0.1) is 0 Å². The number of aromatic nitrogens is 1. The lowest BCUT2D eigenvalue weighted by Crippen LogP contribution is -1.95. The number of carbonyl (C=O) groups is 1. The van der Waals surface area contributed by atoms with Crippen LogP contribution >= 0.6 is 0 Å². The minimum atomic E-state index is -1.00. The normalized spacial score (nSPS) is 9.72. The Morgan fingerprint density at radius 1 is 1.17 bits per heavy atom. The van der Waals surface area contributed by atoms with E-state index >= 15 is 0 Å². The van der Waals surface area contributed by atoms with E-state index in [2.05, 4.69) is 4.98 Å². The molecule has 1 aromatic carbocycles. The van der Waals surface area contributed by atoms with Crippen molar-refractivity contribution in [1.29, 1.82) is 5.26 Å². The van der Waals surface area contributed by atoms with Gasteiger partial charge < -0.3 is 10.2 Å². The molecule has 1 heterocycles. The molecule has 2 N–H and O–H groups in total. The van der Waals surface area contributed by atoms with E-state index in [1.807, 2.05) is 0 Å². The molecular formula is C13H8N2O3. The molecule has 0 unspecified atom stereocenters. The predicted octanol–water partition coefficient (Wildman–Crippen LogP) is 2.02. The summed E-state index contributed by atoms with van der Waals surface area (Å²) in [6, 6.07) is 10.8. The first kappa shape index (κ1) is 11.6. The van der Waals surface area contributed by atoms with Crippen molar-refractivity contribution in [1.82, 2.24) is 4.98 Å². The van der Waals surface area contributed by atoms with Crippen LogP contribution in [0, 0.1) is 11.3 Å². The Morgan fingerprint density at radius 2 is 1.83 bits per heavy atom. The number of nitriles is 1. The van der Waals surface area contributed by atoms with Crippen LogP contribution in [0.2, 0.25) is 0 Å². The molecule has 1 aromatic heterocycles. The van der Waals surface area contributed by atoms with E-state index in [0.29, 0.717) is 11.3 Å². The maximum absolute atomic E-state index is 10.7. The summed E-state index contributed by atoms with van der Waals surface area (Å²) in [5.74, 6) is -1.18. The first-order valence-corrected chi connectivity index (χ1v) is 5.05. The minimum absolute atomic E-state index is 0.0604. The highest BCUT2D eigenvalue weighted by molar-refractivity contribution is 5.88. The van der Waals surface area contributed by atoms with Crippen molar-refractivity contribution >= 4 is 5.97 Å². The van der Waals surface area contributed by atoms with Crippen LogP contribution in [0.3, 0.4) is 0 Å². The van der Waals surface area contributed by atoms with Crippen molar-refractivity contribution in [3.63, 3.8) is 0 Å². The molecular weight excluding hydrogens is 232 g/mol. The maximum Gasteiger partial charge on any atom is 0.335 e. The SMILES string of the molecule is N#Cc1nc(-c2ccc(C(=O)O)cc2)ccc1O. The number of aromatic hydroxyl groups is 1. The molecule has 5 nitrogen and oxygen atoms in total. The van der Waals surface area contributed by atoms with Gasteiger partial charge >= 0.3 is 5.97 Å². The summed E-state index contributed by atoms with van der Waals surface area (Å²) in [6.07, 6.45) is 0. The average molecular weight is 240 g/mol. The summed E-state index contributed by atoms with van der Waals surface area (Å²) < 4.78 is 0.